The summed E-state index contributed by atoms with van der Waals surface area (Å²) in [6, 6.07) is 34.9. The smallest absolute Gasteiger partial charge is 0.489 e. The first-order chi connectivity index (χ1) is 51.6. The first-order valence-electron chi connectivity index (χ1n) is 35.6. The standard InChI is InChI=1S/C76H94BCl2F2N10O15P/c1-4-5-25-65(73(95)88-66(34-36-72(94)104-51-56-17-9-6-10-18-56)74(96)89-71(26-16-38-85-76(82)83)107(98,105-60-19-11-7-12-20-60)106-61-21-13-8-14-22-61)87-75(97)67(49-55-27-32-59(33-28-55)103-52-62-63(78)23-15-24-64(62)79)86-70(93)37-40-99-42-44-101-46-47-102-45-43-100-41-39-84-69(92)35-31-57-29-30-58-50-68-53(2)48-54(3)90(68)77(80,81)91(57)58/h6-15,17-24,27-30,32-33,48,50,65-67,71H,4-5,16,25-26,31,34-47,49,51-52H2,1-3H3,(H,84,92)(H,86,93)(H,87,97)(H,88,95)(H,89,96)(H4,82,83,85)/t65-,66-,67-,71?/m0/s1. The Morgan fingerprint density at radius 2 is 1.19 bits per heavy atom. The van der Waals surface area contributed by atoms with Crippen molar-refractivity contribution in [3.8, 4) is 17.2 Å². The maximum Gasteiger partial charge on any atom is 0.737 e. The molecule has 1 unspecified atom stereocenters. The maximum atomic E-state index is 15.8. The number of benzene rings is 5. The van der Waals surface area contributed by atoms with Crippen molar-refractivity contribution in [2.24, 2.45) is 16.5 Å². The largest absolute Gasteiger partial charge is 0.737 e. The molecule has 107 heavy (non-hydrogen) atoms. The number of fused-ring (bicyclic) bond motifs is 2. The molecular formula is C76H94BCl2F2N10O15P. The van der Waals surface area contributed by atoms with Crippen LogP contribution in [0, 0.1) is 13.8 Å². The van der Waals surface area contributed by atoms with Gasteiger partial charge in [0.15, 0.2) is 17.4 Å². The lowest BCUT2D eigenvalue weighted by molar-refractivity contribution is -0.362. The molecule has 2 aliphatic heterocycles. The number of esters is 1. The molecule has 0 aliphatic carbocycles. The minimum Gasteiger partial charge on any atom is -0.489 e. The summed E-state index contributed by atoms with van der Waals surface area (Å²) >= 11 is 12.8. The van der Waals surface area contributed by atoms with Crippen molar-refractivity contribution in [1.82, 2.24) is 31.1 Å². The number of nitrogens with zero attached hydrogens (tertiary/aromatic N) is 3. The van der Waals surface area contributed by atoms with E-state index in [2.05, 4.69) is 31.6 Å². The molecule has 2 aliphatic rings. The van der Waals surface area contributed by atoms with Crippen LogP contribution in [0.2, 0.25) is 10.0 Å². The van der Waals surface area contributed by atoms with Gasteiger partial charge in [-0.15, -0.1) is 0 Å². The number of amides is 5. The lowest BCUT2D eigenvalue weighted by Gasteiger charge is -2.30. The third-order valence-electron chi connectivity index (χ3n) is 17.2. The number of para-hydroxylation sites is 2. The molecule has 0 spiro atoms. The summed E-state index contributed by atoms with van der Waals surface area (Å²) in [7, 11) is -4.51. The van der Waals surface area contributed by atoms with E-state index in [1.165, 1.54) is 0 Å². The highest BCUT2D eigenvalue weighted by molar-refractivity contribution is 7.55. The lowest BCUT2D eigenvalue weighted by Crippen LogP contribution is -2.57. The van der Waals surface area contributed by atoms with Gasteiger partial charge in [-0.3, -0.25) is 33.8 Å². The second kappa shape index (κ2) is 42.8. The number of hydrogen-bond donors (Lipinski definition) is 7. The Balaban J connectivity index is 0.853. The third kappa shape index (κ3) is 26.5. The van der Waals surface area contributed by atoms with Crippen LogP contribution in [-0.4, -0.2) is 153 Å². The van der Waals surface area contributed by atoms with Gasteiger partial charge in [-0.25, -0.2) is 4.57 Å². The van der Waals surface area contributed by atoms with Gasteiger partial charge in [0.1, 0.15) is 54.3 Å². The number of carbonyl (C=O) groups is 6. The molecule has 0 fully saturated rings. The van der Waals surface area contributed by atoms with Gasteiger partial charge in [-0.05, 0) is 117 Å². The Hall–Kier alpha value is -9.41. The number of halogens is 4. The number of aromatic nitrogens is 1. The monoisotopic (exact) mass is 1540 g/mol. The van der Waals surface area contributed by atoms with Crippen LogP contribution in [-0.2, 0) is 76.7 Å². The van der Waals surface area contributed by atoms with Gasteiger partial charge >= 0.3 is 20.5 Å². The van der Waals surface area contributed by atoms with Crippen LogP contribution in [0.3, 0.4) is 0 Å². The molecule has 574 valence electrons. The normalized spacial score (nSPS) is 13.9. The van der Waals surface area contributed by atoms with E-state index in [-0.39, 0.29) is 160 Å². The predicted molar refractivity (Wildman–Crippen MR) is 405 cm³/mol. The van der Waals surface area contributed by atoms with Gasteiger partial charge in [0.05, 0.1) is 52.9 Å². The highest BCUT2D eigenvalue weighted by atomic mass is 35.5. The van der Waals surface area contributed by atoms with Crippen LogP contribution in [0.1, 0.15) is 105 Å². The van der Waals surface area contributed by atoms with Crippen molar-refractivity contribution in [2.75, 3.05) is 65.9 Å². The van der Waals surface area contributed by atoms with Crippen molar-refractivity contribution in [3.63, 3.8) is 0 Å². The molecule has 0 saturated heterocycles. The van der Waals surface area contributed by atoms with Gasteiger partial charge in [-0.1, -0.05) is 128 Å². The van der Waals surface area contributed by atoms with E-state index in [1.54, 1.807) is 159 Å². The number of nitrogens with two attached hydrogens (primary N) is 2. The second-order valence-corrected chi connectivity index (χ2v) is 28.2. The van der Waals surface area contributed by atoms with Crippen molar-refractivity contribution in [2.45, 2.75) is 129 Å². The van der Waals surface area contributed by atoms with E-state index < -0.39 is 68.1 Å². The first-order valence-corrected chi connectivity index (χ1v) is 38.0. The van der Waals surface area contributed by atoms with Crippen LogP contribution in [0.15, 0.2) is 162 Å². The van der Waals surface area contributed by atoms with Crippen LogP contribution in [0.25, 0.3) is 6.08 Å². The molecule has 9 N–H and O–H groups in total. The summed E-state index contributed by atoms with van der Waals surface area (Å²) in [6.07, 6.45) is 5.46. The number of ether oxygens (including phenoxy) is 6. The fraction of sp³-hybridized carbons (Fsp3) is 0.395. The summed E-state index contributed by atoms with van der Waals surface area (Å²) in [6.45, 7) is 3.00. The molecule has 4 atom stereocenters. The van der Waals surface area contributed by atoms with Gasteiger partial charge in [0.2, 0.25) is 29.5 Å². The van der Waals surface area contributed by atoms with E-state index in [4.69, 9.17) is 72.1 Å². The Labute approximate surface area is 632 Å². The number of hydrogen-bond acceptors (Lipinski definition) is 16. The fourth-order valence-corrected chi connectivity index (χ4v) is 14.1. The minimum atomic E-state index is -4.51. The summed E-state index contributed by atoms with van der Waals surface area (Å²) in [5.74, 6) is -4.80. The van der Waals surface area contributed by atoms with Gasteiger partial charge in [0.25, 0.3) is 0 Å². The molecule has 6 aromatic rings. The number of guanidine groups is 1. The average Bonchev–Trinajstić information content (AvgIpc) is 1.58. The first kappa shape index (κ1) is 83.2. The van der Waals surface area contributed by atoms with Crippen molar-refractivity contribution in [1.29, 1.82) is 0 Å². The van der Waals surface area contributed by atoms with E-state index in [0.717, 1.165) is 14.5 Å². The Kier molecular flexibility index (Phi) is 33.3. The number of nitrogens with one attached hydrogen (secondary N) is 5. The van der Waals surface area contributed by atoms with Gasteiger partial charge in [-0.2, -0.15) is 0 Å². The van der Waals surface area contributed by atoms with Crippen molar-refractivity contribution >= 4 is 91.0 Å². The van der Waals surface area contributed by atoms with E-state index >= 15 is 13.2 Å². The Bertz CT molecular complexity index is 4040. The van der Waals surface area contributed by atoms with Crippen LogP contribution < -0.4 is 51.8 Å². The SMILES string of the molecule is CCCC[C@H](NC(=O)[C@H](Cc1ccc(OCc2c(Cl)cccc2Cl)cc1)NC(=O)CCOCCOCCOCCOCCNC(=O)CCC1=[N+]2C(=Cc3c(C)cc(C)n3[B-]2(F)F)C=C1)C(=O)N[C@@H](CCC(=O)OCc1ccccc1)C(=O)NC(CCCN=C(N)N)P(=O)(Oc1ccccc1)Oc1ccccc1. The number of aliphatic imine (C=N–C) groups is 1. The highest BCUT2D eigenvalue weighted by Crippen LogP contribution is 2.53. The van der Waals surface area contributed by atoms with Gasteiger partial charge in [0, 0.05) is 84.7 Å². The topological polar surface area (TPSA) is 326 Å². The average molecular weight is 1540 g/mol. The quantitative estimate of drug-likeness (QED) is 0.00466. The van der Waals surface area contributed by atoms with Crippen LogP contribution in [0.5, 0.6) is 17.2 Å². The van der Waals surface area contributed by atoms with Crippen LogP contribution in [0.4, 0.5) is 8.63 Å². The number of carbonyl (C=O) groups excluding carboxylic acids is 6. The molecule has 0 radical (unpaired) electrons. The second-order valence-electron chi connectivity index (χ2n) is 25.4. The summed E-state index contributed by atoms with van der Waals surface area (Å²) in [5, 5.41) is 14.9. The molecule has 0 saturated carbocycles. The zero-order valence-corrected chi connectivity index (χ0v) is 62.6. The minimum absolute atomic E-state index is 0.0287. The number of rotatable bonds is 47. The molecule has 3 heterocycles. The van der Waals surface area contributed by atoms with Crippen molar-refractivity contribution in [3.05, 3.63) is 201 Å². The lowest BCUT2D eigenvalue weighted by atomic mass is 9.90. The van der Waals surface area contributed by atoms with Gasteiger partial charge < -0.3 is 93.1 Å². The maximum absolute atomic E-state index is 15.8. The highest BCUT2D eigenvalue weighted by Gasteiger charge is 2.52. The summed E-state index contributed by atoms with van der Waals surface area (Å²) < 4.78 is 95.6. The fourth-order valence-electron chi connectivity index (χ4n) is 11.7. The zero-order valence-electron chi connectivity index (χ0n) is 60.2. The molecule has 25 nitrogen and oxygen atoms in total. The molecule has 5 aromatic carbocycles. The Morgan fingerprint density at radius 3 is 1.80 bits per heavy atom. The molecule has 1 aromatic heterocycles. The number of allylic oxidation sites excluding steroid dienone is 2. The van der Waals surface area contributed by atoms with E-state index in [1.807, 2.05) is 19.9 Å². The molecular weight excluding hydrogens is 1440 g/mol. The van der Waals surface area contributed by atoms with E-state index in [9.17, 15) is 28.8 Å². The molecule has 31 heteroatoms. The van der Waals surface area contributed by atoms with Crippen molar-refractivity contribution < 1.29 is 83.9 Å². The van der Waals surface area contributed by atoms with E-state index in [0.29, 0.717) is 68.1 Å². The third-order valence-corrected chi connectivity index (χ3v) is 20.0. The molecule has 8 rings (SSSR count). The Morgan fingerprint density at radius 1 is 0.607 bits per heavy atom. The summed E-state index contributed by atoms with van der Waals surface area (Å²) in [4.78, 5) is 88.6. The van der Waals surface area contributed by atoms with Crippen LogP contribution >= 0.6 is 30.8 Å². The predicted octanol–water partition coefficient (Wildman–Crippen LogP) is 10.2. The number of aryl methyl sites for hydroxylation is 2. The molecule has 5 amide bonds. The number of unbranched alkanes of at least 4 members (excludes halogenated alkanes) is 1. The molecule has 0 bridgehead atoms. The zero-order chi connectivity index (χ0) is 76.6. The summed E-state index contributed by atoms with van der Waals surface area (Å²) in [5.41, 5.74) is 15.7.